The summed E-state index contributed by atoms with van der Waals surface area (Å²) in [5.41, 5.74) is 0.993. The van der Waals surface area contributed by atoms with Crippen LogP contribution in [0, 0.1) is 12.8 Å². The van der Waals surface area contributed by atoms with E-state index in [4.69, 9.17) is 0 Å². The van der Waals surface area contributed by atoms with Crippen LogP contribution in [0.2, 0.25) is 0 Å². The van der Waals surface area contributed by atoms with Crippen LogP contribution in [0.25, 0.3) is 0 Å². The highest BCUT2D eigenvalue weighted by atomic mass is 32.1. The van der Waals surface area contributed by atoms with Gasteiger partial charge >= 0.3 is 0 Å². The SMILES string of the molecule is CCC1C(=O)NC(C(C)C)C(=O)N1CCc1csc(C)n1. The number of amides is 2. The van der Waals surface area contributed by atoms with Crippen molar-refractivity contribution < 1.29 is 9.59 Å². The van der Waals surface area contributed by atoms with Crippen molar-refractivity contribution in [3.05, 3.63) is 16.1 Å². The lowest BCUT2D eigenvalue weighted by Crippen LogP contribution is -2.64. The van der Waals surface area contributed by atoms with Gasteiger partial charge in [-0.05, 0) is 19.3 Å². The maximum atomic E-state index is 12.6. The molecule has 1 N–H and O–H groups in total. The molecule has 0 aromatic carbocycles. The van der Waals surface area contributed by atoms with Gasteiger partial charge in [0.15, 0.2) is 0 Å². The molecule has 1 saturated heterocycles. The van der Waals surface area contributed by atoms with Crippen LogP contribution in [0.15, 0.2) is 5.38 Å². The van der Waals surface area contributed by atoms with Crippen LogP contribution < -0.4 is 5.32 Å². The summed E-state index contributed by atoms with van der Waals surface area (Å²) in [6.07, 6.45) is 1.34. The van der Waals surface area contributed by atoms with E-state index in [1.54, 1.807) is 16.2 Å². The molecule has 1 aromatic rings. The molecule has 116 valence electrons. The van der Waals surface area contributed by atoms with Crippen LogP contribution >= 0.6 is 11.3 Å². The fourth-order valence-corrected chi connectivity index (χ4v) is 3.31. The second-order valence-corrected chi connectivity index (χ2v) is 6.86. The first-order valence-corrected chi connectivity index (χ1v) is 8.33. The highest BCUT2D eigenvalue weighted by Crippen LogP contribution is 2.18. The number of nitrogens with one attached hydrogen (secondary N) is 1. The summed E-state index contributed by atoms with van der Waals surface area (Å²) < 4.78 is 0. The zero-order chi connectivity index (χ0) is 15.6. The topological polar surface area (TPSA) is 62.3 Å². The Balaban J connectivity index is 2.11. The smallest absolute Gasteiger partial charge is 0.246 e. The van der Waals surface area contributed by atoms with Gasteiger partial charge in [-0.1, -0.05) is 20.8 Å². The predicted molar refractivity (Wildman–Crippen MR) is 83.1 cm³/mol. The van der Waals surface area contributed by atoms with Crippen LogP contribution in [-0.2, 0) is 16.0 Å². The fourth-order valence-electron chi connectivity index (χ4n) is 2.67. The maximum Gasteiger partial charge on any atom is 0.246 e. The molecule has 0 aliphatic carbocycles. The van der Waals surface area contributed by atoms with E-state index in [1.807, 2.05) is 33.1 Å². The largest absolute Gasteiger partial charge is 0.342 e. The third-order valence-electron chi connectivity index (χ3n) is 3.85. The average molecular weight is 309 g/mol. The molecule has 21 heavy (non-hydrogen) atoms. The number of thiazole rings is 1. The van der Waals surface area contributed by atoms with E-state index in [0.29, 0.717) is 19.4 Å². The molecule has 1 aliphatic rings. The van der Waals surface area contributed by atoms with E-state index >= 15 is 0 Å². The summed E-state index contributed by atoms with van der Waals surface area (Å²) in [7, 11) is 0. The van der Waals surface area contributed by atoms with E-state index < -0.39 is 6.04 Å². The van der Waals surface area contributed by atoms with Crippen molar-refractivity contribution >= 4 is 23.2 Å². The number of rotatable bonds is 5. The predicted octanol–water partition coefficient (Wildman–Crippen LogP) is 1.76. The Labute approximate surface area is 129 Å². The van der Waals surface area contributed by atoms with Crippen LogP contribution in [0.3, 0.4) is 0 Å². The number of aromatic nitrogens is 1. The van der Waals surface area contributed by atoms with Crippen LogP contribution in [0.1, 0.15) is 37.9 Å². The number of hydrogen-bond donors (Lipinski definition) is 1. The lowest BCUT2D eigenvalue weighted by atomic mass is 9.96. The van der Waals surface area contributed by atoms with Crippen LogP contribution in [-0.4, -0.2) is 40.3 Å². The quantitative estimate of drug-likeness (QED) is 0.901. The minimum Gasteiger partial charge on any atom is -0.342 e. The third-order valence-corrected chi connectivity index (χ3v) is 4.68. The molecule has 2 rings (SSSR count). The molecule has 2 heterocycles. The Morgan fingerprint density at radius 2 is 2.14 bits per heavy atom. The molecule has 0 saturated carbocycles. The zero-order valence-electron chi connectivity index (χ0n) is 13.0. The third kappa shape index (κ3) is 3.43. The fraction of sp³-hybridized carbons (Fsp3) is 0.667. The Morgan fingerprint density at radius 1 is 1.43 bits per heavy atom. The van der Waals surface area contributed by atoms with Gasteiger partial charge in [-0.15, -0.1) is 11.3 Å². The molecule has 5 nitrogen and oxygen atoms in total. The molecular weight excluding hydrogens is 286 g/mol. The number of carbonyl (C=O) groups excluding carboxylic acids is 2. The first kappa shape index (κ1) is 15.9. The number of nitrogens with zero attached hydrogens (tertiary/aromatic N) is 2. The first-order valence-electron chi connectivity index (χ1n) is 7.45. The molecule has 2 unspecified atom stereocenters. The summed E-state index contributed by atoms with van der Waals surface area (Å²) in [6, 6.07) is -0.760. The minimum atomic E-state index is -0.405. The second kappa shape index (κ2) is 6.56. The van der Waals surface area contributed by atoms with Crippen LogP contribution in [0.5, 0.6) is 0 Å². The van der Waals surface area contributed by atoms with Crippen LogP contribution in [0.4, 0.5) is 0 Å². The number of carbonyl (C=O) groups is 2. The molecular formula is C15H23N3O2S. The van der Waals surface area contributed by atoms with Gasteiger partial charge in [0.25, 0.3) is 0 Å². The molecule has 2 atom stereocenters. The Hall–Kier alpha value is -1.43. The molecule has 1 fully saturated rings. The average Bonchev–Trinajstić information content (AvgIpc) is 2.84. The van der Waals surface area contributed by atoms with Crippen molar-refractivity contribution in [1.82, 2.24) is 15.2 Å². The van der Waals surface area contributed by atoms with E-state index in [-0.39, 0.29) is 23.8 Å². The normalized spacial score (nSPS) is 22.8. The zero-order valence-corrected chi connectivity index (χ0v) is 13.9. The van der Waals surface area contributed by atoms with Gasteiger partial charge in [0.05, 0.1) is 10.7 Å². The standard InChI is InChI=1S/C15H23N3O2S/c1-5-12-14(19)17-13(9(2)3)15(20)18(12)7-6-11-8-21-10(4)16-11/h8-9,12-13H,5-7H2,1-4H3,(H,17,19). The number of piperazine rings is 1. The summed E-state index contributed by atoms with van der Waals surface area (Å²) in [5.74, 6) is 0.0944. The van der Waals surface area contributed by atoms with Gasteiger partial charge in [-0.25, -0.2) is 4.98 Å². The van der Waals surface area contributed by atoms with Crippen molar-refractivity contribution in [1.29, 1.82) is 0 Å². The summed E-state index contributed by atoms with van der Waals surface area (Å²) in [5, 5.41) is 5.90. The second-order valence-electron chi connectivity index (χ2n) is 5.79. The molecule has 2 amide bonds. The maximum absolute atomic E-state index is 12.6. The summed E-state index contributed by atoms with van der Waals surface area (Å²) in [4.78, 5) is 31.0. The van der Waals surface area contributed by atoms with Crippen molar-refractivity contribution in [2.24, 2.45) is 5.92 Å². The van der Waals surface area contributed by atoms with Gasteiger partial charge in [0.1, 0.15) is 12.1 Å². The van der Waals surface area contributed by atoms with Gasteiger partial charge in [-0.3, -0.25) is 9.59 Å². The van der Waals surface area contributed by atoms with Gasteiger partial charge in [-0.2, -0.15) is 0 Å². The summed E-state index contributed by atoms with van der Waals surface area (Å²) in [6.45, 7) is 8.37. The van der Waals surface area contributed by atoms with Gasteiger partial charge < -0.3 is 10.2 Å². The molecule has 0 spiro atoms. The lowest BCUT2D eigenvalue weighted by Gasteiger charge is -2.40. The Bertz CT molecular complexity index is 527. The van der Waals surface area contributed by atoms with Crippen molar-refractivity contribution in [3.63, 3.8) is 0 Å². The van der Waals surface area contributed by atoms with Gasteiger partial charge in [0, 0.05) is 18.3 Å². The number of hydrogen-bond acceptors (Lipinski definition) is 4. The van der Waals surface area contributed by atoms with E-state index in [2.05, 4.69) is 10.3 Å². The van der Waals surface area contributed by atoms with Crippen molar-refractivity contribution in [2.45, 2.75) is 52.6 Å². The Kier molecular flexibility index (Phi) is 4.98. The minimum absolute atomic E-state index is 0.0309. The van der Waals surface area contributed by atoms with E-state index in [0.717, 1.165) is 10.7 Å². The molecule has 0 bridgehead atoms. The first-order chi connectivity index (χ1) is 9.93. The van der Waals surface area contributed by atoms with E-state index in [1.165, 1.54) is 0 Å². The molecule has 1 aliphatic heterocycles. The highest BCUT2D eigenvalue weighted by Gasteiger charge is 2.40. The van der Waals surface area contributed by atoms with Crippen molar-refractivity contribution in [3.8, 4) is 0 Å². The summed E-state index contributed by atoms with van der Waals surface area (Å²) >= 11 is 1.61. The molecule has 6 heteroatoms. The molecule has 1 aromatic heterocycles. The monoisotopic (exact) mass is 309 g/mol. The van der Waals surface area contributed by atoms with Gasteiger partial charge in [0.2, 0.25) is 11.8 Å². The van der Waals surface area contributed by atoms with Crippen molar-refractivity contribution in [2.75, 3.05) is 6.54 Å². The number of aryl methyl sites for hydroxylation is 1. The molecule has 0 radical (unpaired) electrons. The highest BCUT2D eigenvalue weighted by molar-refractivity contribution is 7.09. The Morgan fingerprint density at radius 3 is 2.67 bits per heavy atom. The van der Waals surface area contributed by atoms with E-state index in [9.17, 15) is 9.59 Å². The lowest BCUT2D eigenvalue weighted by molar-refractivity contribution is -0.150.